The number of ether oxygens (including phenoxy) is 1. The summed E-state index contributed by atoms with van der Waals surface area (Å²) in [6.45, 7) is 4.10. The van der Waals surface area contributed by atoms with Gasteiger partial charge in [-0.3, -0.25) is 14.5 Å². The minimum Gasteiger partial charge on any atom is -0.507 e. The van der Waals surface area contributed by atoms with Crippen molar-refractivity contribution in [2.45, 2.75) is 19.9 Å². The molecule has 0 unspecified atom stereocenters. The van der Waals surface area contributed by atoms with Gasteiger partial charge in [-0.15, -0.1) is 0 Å². The van der Waals surface area contributed by atoms with Crippen molar-refractivity contribution in [3.63, 3.8) is 0 Å². The van der Waals surface area contributed by atoms with Crippen molar-refractivity contribution in [2.24, 2.45) is 0 Å². The Morgan fingerprint density at radius 3 is 2.43 bits per heavy atom. The molecule has 1 saturated heterocycles. The predicted octanol–water partition coefficient (Wildman–Crippen LogP) is 4.01. The number of hydrogen-bond donors (Lipinski definition) is 1. The number of aliphatic hydroxyl groups is 1. The molecule has 1 aliphatic heterocycles. The highest BCUT2D eigenvalue weighted by Crippen LogP contribution is 2.42. The molecule has 0 radical (unpaired) electrons. The molecule has 0 spiro atoms. The Hall–Kier alpha value is -3.87. The molecule has 30 heavy (non-hydrogen) atoms. The van der Waals surface area contributed by atoms with Crippen LogP contribution in [0.25, 0.3) is 5.76 Å². The summed E-state index contributed by atoms with van der Waals surface area (Å²) in [6, 6.07) is 16.4. The highest BCUT2D eigenvalue weighted by molar-refractivity contribution is 6.51. The van der Waals surface area contributed by atoms with Crippen molar-refractivity contribution in [2.75, 3.05) is 11.5 Å². The number of amides is 1. The number of nitrogens with zero attached hydrogens (tertiary/aromatic N) is 2. The predicted molar refractivity (Wildman–Crippen MR) is 110 cm³/mol. The van der Waals surface area contributed by atoms with Gasteiger partial charge in [-0.1, -0.05) is 47.6 Å². The maximum atomic E-state index is 13.0. The van der Waals surface area contributed by atoms with Gasteiger partial charge in [0.05, 0.1) is 18.2 Å². The third-order valence-electron chi connectivity index (χ3n) is 4.86. The van der Waals surface area contributed by atoms with Crippen LogP contribution < -0.4 is 9.64 Å². The monoisotopic (exact) mass is 404 g/mol. The summed E-state index contributed by atoms with van der Waals surface area (Å²) < 4.78 is 10.6. The van der Waals surface area contributed by atoms with Gasteiger partial charge in [0, 0.05) is 11.6 Å². The number of anilines is 1. The Kier molecular flexibility index (Phi) is 5.10. The summed E-state index contributed by atoms with van der Waals surface area (Å²) in [4.78, 5) is 27.2. The third-order valence-corrected chi connectivity index (χ3v) is 4.86. The molecule has 1 aliphatic rings. The molecule has 4 rings (SSSR count). The lowest BCUT2D eigenvalue weighted by Gasteiger charge is -2.23. The molecule has 1 atom stereocenters. The Morgan fingerprint density at radius 1 is 1.13 bits per heavy atom. The quantitative estimate of drug-likeness (QED) is 0.392. The van der Waals surface area contributed by atoms with Gasteiger partial charge in [0.2, 0.25) is 0 Å². The van der Waals surface area contributed by atoms with Gasteiger partial charge >= 0.3 is 5.91 Å². The number of hydrogen-bond acceptors (Lipinski definition) is 6. The fourth-order valence-electron chi connectivity index (χ4n) is 3.52. The molecule has 0 aliphatic carbocycles. The van der Waals surface area contributed by atoms with E-state index in [-0.39, 0.29) is 17.2 Å². The zero-order valence-electron chi connectivity index (χ0n) is 16.5. The average Bonchev–Trinajstić information content (AvgIpc) is 3.30. The SMILES string of the molecule is CCOc1ccc([C@@H]2/C(=C(\O)c3ccccc3)C(=O)C(=O)N2c2cc(C)on2)cc1. The van der Waals surface area contributed by atoms with Crippen LogP contribution in [0.1, 0.15) is 29.9 Å². The number of ketones is 1. The van der Waals surface area contributed by atoms with Crippen LogP contribution in [-0.2, 0) is 9.59 Å². The van der Waals surface area contributed by atoms with Gasteiger partial charge in [-0.2, -0.15) is 0 Å². The van der Waals surface area contributed by atoms with E-state index in [9.17, 15) is 14.7 Å². The Balaban J connectivity index is 1.89. The van der Waals surface area contributed by atoms with E-state index in [1.165, 1.54) is 4.90 Å². The average molecular weight is 404 g/mol. The second-order valence-electron chi connectivity index (χ2n) is 6.83. The summed E-state index contributed by atoms with van der Waals surface area (Å²) in [6.07, 6.45) is 0. The summed E-state index contributed by atoms with van der Waals surface area (Å²) in [7, 11) is 0. The van der Waals surface area contributed by atoms with Crippen LogP contribution in [0.3, 0.4) is 0 Å². The van der Waals surface area contributed by atoms with Gasteiger partial charge in [0.25, 0.3) is 5.78 Å². The lowest BCUT2D eigenvalue weighted by molar-refractivity contribution is -0.132. The van der Waals surface area contributed by atoms with E-state index in [1.807, 2.05) is 6.92 Å². The van der Waals surface area contributed by atoms with E-state index in [0.29, 0.717) is 29.2 Å². The molecule has 152 valence electrons. The molecule has 3 aromatic rings. The number of aliphatic hydroxyl groups excluding tert-OH is 1. The molecular formula is C23H20N2O5. The first-order valence-electron chi connectivity index (χ1n) is 9.53. The molecule has 7 heteroatoms. The largest absolute Gasteiger partial charge is 0.507 e. The first-order valence-corrected chi connectivity index (χ1v) is 9.53. The highest BCUT2D eigenvalue weighted by Gasteiger charge is 2.48. The van der Waals surface area contributed by atoms with Gasteiger partial charge in [0.15, 0.2) is 5.82 Å². The molecule has 1 amide bonds. The Labute approximate surface area is 173 Å². The van der Waals surface area contributed by atoms with Crippen LogP contribution in [0.4, 0.5) is 5.82 Å². The number of aryl methyl sites for hydroxylation is 1. The van der Waals surface area contributed by atoms with E-state index < -0.39 is 17.7 Å². The minimum absolute atomic E-state index is 0.00369. The van der Waals surface area contributed by atoms with Gasteiger partial charge in [-0.25, -0.2) is 0 Å². The van der Waals surface area contributed by atoms with Crippen LogP contribution in [0.5, 0.6) is 5.75 Å². The van der Waals surface area contributed by atoms with Crippen LogP contribution in [-0.4, -0.2) is 28.6 Å². The number of rotatable bonds is 5. The topological polar surface area (TPSA) is 92.9 Å². The number of aromatic nitrogens is 1. The highest BCUT2D eigenvalue weighted by atomic mass is 16.5. The maximum absolute atomic E-state index is 13.0. The number of Topliss-reactive ketones (excluding diaryl/α,β-unsaturated/α-hetero) is 1. The lowest BCUT2D eigenvalue weighted by Crippen LogP contribution is -2.29. The number of carbonyl (C=O) groups excluding carboxylic acids is 2. The lowest BCUT2D eigenvalue weighted by atomic mass is 9.95. The van der Waals surface area contributed by atoms with Crippen LogP contribution in [0.15, 0.2) is 70.8 Å². The maximum Gasteiger partial charge on any atom is 0.301 e. The second-order valence-corrected chi connectivity index (χ2v) is 6.83. The summed E-state index contributed by atoms with van der Waals surface area (Å²) in [5.74, 6) is -0.425. The number of carbonyl (C=O) groups is 2. The molecule has 2 heterocycles. The Bertz CT molecular complexity index is 1120. The fraction of sp³-hybridized carbons (Fsp3) is 0.174. The van der Waals surface area contributed by atoms with Crippen LogP contribution >= 0.6 is 0 Å². The van der Waals surface area contributed by atoms with E-state index in [1.54, 1.807) is 67.6 Å². The molecular weight excluding hydrogens is 384 g/mol. The second kappa shape index (κ2) is 7.87. The van der Waals surface area contributed by atoms with E-state index >= 15 is 0 Å². The first kappa shape index (κ1) is 19.4. The Morgan fingerprint density at radius 2 is 1.83 bits per heavy atom. The summed E-state index contributed by atoms with van der Waals surface area (Å²) in [5.41, 5.74) is 1.08. The van der Waals surface area contributed by atoms with Gasteiger partial charge in [-0.05, 0) is 31.5 Å². The van der Waals surface area contributed by atoms with Crippen molar-refractivity contribution in [1.82, 2.24) is 5.16 Å². The van der Waals surface area contributed by atoms with E-state index in [2.05, 4.69) is 5.16 Å². The van der Waals surface area contributed by atoms with Gasteiger partial charge < -0.3 is 14.4 Å². The molecule has 1 fully saturated rings. The first-order chi connectivity index (χ1) is 14.5. The normalized spacial score (nSPS) is 18.1. The van der Waals surface area contributed by atoms with Crippen molar-refractivity contribution in [1.29, 1.82) is 0 Å². The molecule has 7 nitrogen and oxygen atoms in total. The minimum atomic E-state index is -0.856. The molecule has 2 aromatic carbocycles. The molecule has 0 bridgehead atoms. The van der Waals surface area contributed by atoms with Crippen molar-refractivity contribution in [3.05, 3.63) is 83.1 Å². The van der Waals surface area contributed by atoms with E-state index in [4.69, 9.17) is 9.26 Å². The standard InChI is InChI=1S/C23H20N2O5/c1-3-29-17-11-9-15(10-12-17)20-19(21(26)16-7-5-4-6-8-16)22(27)23(28)25(20)18-13-14(2)30-24-18/h4-13,20,26H,3H2,1-2H3/b21-19+/t20-/m1/s1. The fourth-order valence-corrected chi connectivity index (χ4v) is 3.52. The van der Waals surface area contributed by atoms with Crippen molar-refractivity contribution in [3.8, 4) is 5.75 Å². The van der Waals surface area contributed by atoms with Gasteiger partial charge in [0.1, 0.15) is 17.3 Å². The zero-order chi connectivity index (χ0) is 21.3. The van der Waals surface area contributed by atoms with Crippen LogP contribution in [0, 0.1) is 6.92 Å². The zero-order valence-corrected chi connectivity index (χ0v) is 16.5. The molecule has 1 N–H and O–H groups in total. The molecule has 1 aromatic heterocycles. The van der Waals surface area contributed by atoms with E-state index in [0.717, 1.165) is 0 Å². The van der Waals surface area contributed by atoms with Crippen molar-refractivity contribution < 1.29 is 24.0 Å². The third kappa shape index (κ3) is 3.34. The summed E-state index contributed by atoms with van der Waals surface area (Å²) >= 11 is 0. The molecule has 0 saturated carbocycles. The summed E-state index contributed by atoms with van der Waals surface area (Å²) in [5, 5.41) is 14.9. The number of benzene rings is 2. The van der Waals surface area contributed by atoms with Crippen molar-refractivity contribution >= 4 is 23.3 Å². The smallest absolute Gasteiger partial charge is 0.301 e. The van der Waals surface area contributed by atoms with Crippen LogP contribution in [0.2, 0.25) is 0 Å².